The molecule has 1 aliphatic carbocycles. The highest BCUT2D eigenvalue weighted by Gasteiger charge is 2.27. The molecule has 0 unspecified atom stereocenters. The van der Waals surface area contributed by atoms with Gasteiger partial charge in [0, 0.05) is 16.8 Å². The summed E-state index contributed by atoms with van der Waals surface area (Å²) in [4.78, 5) is 12.1. The summed E-state index contributed by atoms with van der Waals surface area (Å²) in [5.41, 5.74) is 1.21. The fourth-order valence-electron chi connectivity index (χ4n) is 2.88. The maximum Gasteiger partial charge on any atom is 0.230 e. The second-order valence-electron chi connectivity index (χ2n) is 6.06. The number of amides is 1. The van der Waals surface area contributed by atoms with Gasteiger partial charge >= 0.3 is 0 Å². The molecule has 0 radical (unpaired) electrons. The van der Waals surface area contributed by atoms with Crippen LogP contribution in [-0.4, -0.2) is 17.7 Å². The fraction of sp³-hybridized carbons (Fsp3) is 0.588. The Kier molecular flexibility index (Phi) is 6.43. The minimum absolute atomic E-state index is 0.167. The summed E-state index contributed by atoms with van der Waals surface area (Å²) in [5.74, 6) is 2.84. The Balaban J connectivity index is 1.71. The molecule has 0 aromatic heterocycles. The molecular formula is C17H24ClNOS. The van der Waals surface area contributed by atoms with Crippen molar-refractivity contribution in [1.29, 1.82) is 0 Å². The molecule has 1 aliphatic rings. The van der Waals surface area contributed by atoms with Gasteiger partial charge in [-0.3, -0.25) is 4.79 Å². The van der Waals surface area contributed by atoms with Crippen molar-refractivity contribution in [3.05, 3.63) is 34.9 Å². The van der Waals surface area contributed by atoms with Crippen molar-refractivity contribution < 1.29 is 4.79 Å². The van der Waals surface area contributed by atoms with Crippen molar-refractivity contribution in [3.63, 3.8) is 0 Å². The third kappa shape index (κ3) is 5.23. The van der Waals surface area contributed by atoms with Crippen molar-refractivity contribution in [3.8, 4) is 0 Å². The summed E-state index contributed by atoms with van der Waals surface area (Å²) >= 11 is 7.51. The Bertz CT molecular complexity index is 462. The van der Waals surface area contributed by atoms with Gasteiger partial charge in [0.1, 0.15) is 0 Å². The molecule has 3 atom stereocenters. The van der Waals surface area contributed by atoms with Crippen LogP contribution in [0.4, 0.5) is 0 Å². The first-order valence-corrected chi connectivity index (χ1v) is 9.21. The summed E-state index contributed by atoms with van der Waals surface area (Å²) in [6.07, 6.45) is 3.65. The molecular weight excluding hydrogens is 302 g/mol. The van der Waals surface area contributed by atoms with E-state index < -0.39 is 0 Å². The molecule has 0 saturated heterocycles. The Morgan fingerprint density at radius 3 is 2.71 bits per heavy atom. The van der Waals surface area contributed by atoms with Gasteiger partial charge in [-0.1, -0.05) is 50.4 Å². The van der Waals surface area contributed by atoms with Crippen molar-refractivity contribution >= 4 is 29.3 Å². The summed E-state index contributed by atoms with van der Waals surface area (Å²) in [7, 11) is 0. The monoisotopic (exact) mass is 325 g/mol. The van der Waals surface area contributed by atoms with E-state index in [2.05, 4.69) is 19.2 Å². The van der Waals surface area contributed by atoms with Crippen LogP contribution in [0.2, 0.25) is 5.02 Å². The topological polar surface area (TPSA) is 29.1 Å². The number of hydrogen-bond donors (Lipinski definition) is 1. The van der Waals surface area contributed by atoms with E-state index in [9.17, 15) is 4.79 Å². The van der Waals surface area contributed by atoms with Crippen molar-refractivity contribution in [2.24, 2.45) is 11.8 Å². The second-order valence-corrected chi connectivity index (χ2v) is 7.48. The number of halogens is 1. The summed E-state index contributed by atoms with van der Waals surface area (Å²) in [6, 6.07) is 8.17. The molecule has 1 amide bonds. The molecule has 1 fully saturated rings. The quantitative estimate of drug-likeness (QED) is 0.862. The number of carbonyl (C=O) groups excluding carboxylic acids is 1. The maximum atomic E-state index is 12.1. The number of thioether (sulfide) groups is 1. The molecule has 2 nitrogen and oxygen atoms in total. The van der Waals surface area contributed by atoms with Crippen LogP contribution in [0.15, 0.2) is 24.3 Å². The van der Waals surface area contributed by atoms with E-state index in [4.69, 9.17) is 11.6 Å². The van der Waals surface area contributed by atoms with Crippen LogP contribution in [0.3, 0.4) is 0 Å². The summed E-state index contributed by atoms with van der Waals surface area (Å²) in [6.45, 7) is 4.55. The first-order chi connectivity index (χ1) is 10.1. The van der Waals surface area contributed by atoms with Crippen LogP contribution in [0, 0.1) is 11.8 Å². The predicted molar refractivity (Wildman–Crippen MR) is 91.7 cm³/mol. The van der Waals surface area contributed by atoms with Crippen molar-refractivity contribution in [2.45, 2.75) is 44.9 Å². The number of nitrogens with one attached hydrogen (secondary N) is 1. The Morgan fingerprint density at radius 2 is 2.00 bits per heavy atom. The van der Waals surface area contributed by atoms with E-state index >= 15 is 0 Å². The molecule has 4 heteroatoms. The lowest BCUT2D eigenvalue weighted by Gasteiger charge is -2.34. The lowest BCUT2D eigenvalue weighted by Crippen LogP contribution is -2.44. The molecule has 2 rings (SSSR count). The Labute approximate surface area is 137 Å². The minimum atomic E-state index is 0.167. The number of rotatable bonds is 5. The second kappa shape index (κ2) is 8.09. The minimum Gasteiger partial charge on any atom is -0.352 e. The first-order valence-electron chi connectivity index (χ1n) is 7.68. The largest absolute Gasteiger partial charge is 0.352 e. The highest BCUT2D eigenvalue weighted by atomic mass is 35.5. The maximum absolute atomic E-state index is 12.1. The molecule has 116 valence electrons. The number of hydrogen-bond acceptors (Lipinski definition) is 2. The SMILES string of the molecule is C[C@H]1[C@H](C)CCC[C@H]1NC(=O)CSCc1ccc(Cl)cc1. The van der Waals surface area contributed by atoms with Crippen molar-refractivity contribution in [1.82, 2.24) is 5.32 Å². The van der Waals surface area contributed by atoms with Gasteiger partial charge in [0.25, 0.3) is 0 Å². The van der Waals surface area contributed by atoms with Gasteiger partial charge in [-0.05, 0) is 36.0 Å². The Hall–Kier alpha value is -0.670. The standard InChI is InChI=1S/C17H24ClNOS/c1-12-4-3-5-16(13(12)2)19-17(20)11-21-10-14-6-8-15(18)9-7-14/h6-9,12-13,16H,3-5,10-11H2,1-2H3,(H,19,20)/t12-,13+,16-/m1/s1. The molecule has 21 heavy (non-hydrogen) atoms. The van der Waals surface area contributed by atoms with Gasteiger partial charge in [0.05, 0.1) is 5.75 Å². The van der Waals surface area contributed by atoms with E-state index in [-0.39, 0.29) is 5.91 Å². The van der Waals surface area contributed by atoms with Crippen LogP contribution >= 0.6 is 23.4 Å². The molecule has 1 aromatic carbocycles. The predicted octanol–water partition coefficient (Wildman–Crippen LogP) is 4.51. The van der Waals surface area contributed by atoms with E-state index in [1.54, 1.807) is 11.8 Å². The zero-order chi connectivity index (χ0) is 15.2. The first kappa shape index (κ1) is 16.7. The molecule has 1 saturated carbocycles. The summed E-state index contributed by atoms with van der Waals surface area (Å²) < 4.78 is 0. The molecule has 0 heterocycles. The Morgan fingerprint density at radius 1 is 1.29 bits per heavy atom. The highest BCUT2D eigenvalue weighted by Crippen LogP contribution is 2.29. The third-order valence-corrected chi connectivity index (χ3v) is 5.72. The lowest BCUT2D eigenvalue weighted by molar-refractivity contribution is -0.119. The number of benzene rings is 1. The molecule has 0 aliphatic heterocycles. The van der Waals surface area contributed by atoms with Gasteiger partial charge < -0.3 is 5.32 Å². The van der Waals surface area contributed by atoms with Gasteiger partial charge in [-0.15, -0.1) is 11.8 Å². The zero-order valence-electron chi connectivity index (χ0n) is 12.8. The smallest absolute Gasteiger partial charge is 0.230 e. The lowest BCUT2D eigenvalue weighted by atomic mass is 9.78. The van der Waals surface area contributed by atoms with E-state index in [1.807, 2.05) is 24.3 Å². The normalized spacial score (nSPS) is 25.6. The van der Waals surface area contributed by atoms with Gasteiger partial charge in [0.15, 0.2) is 0 Å². The average molecular weight is 326 g/mol. The van der Waals surface area contributed by atoms with Crippen LogP contribution in [0.1, 0.15) is 38.7 Å². The van der Waals surface area contributed by atoms with E-state index in [0.717, 1.165) is 17.2 Å². The number of carbonyl (C=O) groups is 1. The van der Waals surface area contributed by atoms with Crippen LogP contribution in [0.25, 0.3) is 0 Å². The highest BCUT2D eigenvalue weighted by molar-refractivity contribution is 7.99. The fourth-order valence-corrected chi connectivity index (χ4v) is 3.80. The van der Waals surface area contributed by atoms with Gasteiger partial charge in [0.2, 0.25) is 5.91 Å². The third-order valence-electron chi connectivity index (χ3n) is 4.47. The molecule has 1 aromatic rings. The van der Waals surface area contributed by atoms with Crippen LogP contribution in [-0.2, 0) is 10.5 Å². The van der Waals surface area contributed by atoms with E-state index in [0.29, 0.717) is 23.6 Å². The summed E-state index contributed by atoms with van der Waals surface area (Å²) in [5, 5.41) is 3.97. The average Bonchev–Trinajstić information content (AvgIpc) is 2.46. The van der Waals surface area contributed by atoms with E-state index in [1.165, 1.54) is 18.4 Å². The zero-order valence-corrected chi connectivity index (χ0v) is 14.3. The molecule has 0 spiro atoms. The van der Waals surface area contributed by atoms with Gasteiger partial charge in [-0.25, -0.2) is 0 Å². The van der Waals surface area contributed by atoms with Crippen molar-refractivity contribution in [2.75, 3.05) is 5.75 Å². The van der Waals surface area contributed by atoms with Crippen LogP contribution in [0.5, 0.6) is 0 Å². The molecule has 0 bridgehead atoms. The van der Waals surface area contributed by atoms with Crippen LogP contribution < -0.4 is 5.32 Å². The van der Waals surface area contributed by atoms with Gasteiger partial charge in [-0.2, -0.15) is 0 Å². The molecule has 1 N–H and O–H groups in total.